The zero-order valence-electron chi connectivity index (χ0n) is 4.78. The average Bonchev–Trinajstić information content (AvgIpc) is 2.36. The van der Waals surface area contributed by atoms with Crippen molar-refractivity contribution in [3.05, 3.63) is 11.9 Å². The van der Waals surface area contributed by atoms with Crippen LogP contribution in [0, 0.1) is 0 Å². The van der Waals surface area contributed by atoms with E-state index in [1.54, 1.807) is 0 Å². The highest BCUT2D eigenvalue weighted by Crippen LogP contribution is 2.11. The Kier molecular flexibility index (Phi) is 1.61. The van der Waals surface area contributed by atoms with Crippen molar-refractivity contribution in [1.29, 1.82) is 0 Å². The molecule has 0 saturated heterocycles. The quantitative estimate of drug-likeness (QED) is 0.609. The minimum Gasteiger partial charge on any atom is -0.479 e. The monoisotopic (exact) mass is 145 g/mol. The van der Waals surface area contributed by atoms with Crippen LogP contribution in [0.5, 0.6) is 0 Å². The third-order valence-electron chi connectivity index (χ3n) is 0.910. The normalized spacial score (nSPS) is 12.9. The molecule has 1 heterocycles. The highest BCUT2D eigenvalue weighted by Gasteiger charge is 2.20. The number of nitrogens with zero attached hydrogens (tertiary/aromatic N) is 2. The second kappa shape index (κ2) is 2.42. The van der Waals surface area contributed by atoms with E-state index >= 15 is 0 Å². The number of nitrogens with one attached hydrogen (secondary N) is 1. The zero-order valence-corrected chi connectivity index (χ0v) is 4.78. The van der Waals surface area contributed by atoms with Crippen LogP contribution >= 0.6 is 0 Å². The summed E-state index contributed by atoms with van der Waals surface area (Å²) in [7, 11) is 0. The van der Waals surface area contributed by atoms with E-state index in [1.807, 2.05) is 0 Å². The molecule has 0 spiro atoms. The Labute approximate surface area is 54.9 Å². The number of hydrogen-bond acceptors (Lipinski definition) is 3. The van der Waals surface area contributed by atoms with E-state index in [2.05, 4.69) is 15.4 Å². The van der Waals surface area contributed by atoms with E-state index in [9.17, 15) is 9.18 Å². The zero-order chi connectivity index (χ0) is 7.56. The van der Waals surface area contributed by atoms with Crippen molar-refractivity contribution >= 4 is 5.97 Å². The first-order valence-electron chi connectivity index (χ1n) is 2.44. The van der Waals surface area contributed by atoms with Crippen molar-refractivity contribution in [3.8, 4) is 0 Å². The van der Waals surface area contributed by atoms with E-state index in [4.69, 9.17) is 5.11 Å². The minimum atomic E-state index is -2.08. The fourth-order valence-corrected chi connectivity index (χ4v) is 0.459. The number of carboxylic acids is 1. The molecule has 0 bridgehead atoms. The van der Waals surface area contributed by atoms with Gasteiger partial charge in [-0.25, -0.2) is 9.18 Å². The van der Waals surface area contributed by atoms with Crippen molar-refractivity contribution in [3.63, 3.8) is 0 Å². The van der Waals surface area contributed by atoms with Gasteiger partial charge in [-0.1, -0.05) is 0 Å². The molecule has 10 heavy (non-hydrogen) atoms. The topological polar surface area (TPSA) is 78.9 Å². The van der Waals surface area contributed by atoms with Crippen LogP contribution in [0.4, 0.5) is 4.39 Å². The molecule has 0 aromatic carbocycles. The first-order valence-corrected chi connectivity index (χ1v) is 2.44. The molecule has 6 heteroatoms. The number of halogens is 1. The minimum absolute atomic E-state index is 0.215. The number of carboxylic acid groups (broad SMARTS) is 1. The van der Waals surface area contributed by atoms with Crippen molar-refractivity contribution in [2.24, 2.45) is 0 Å². The third kappa shape index (κ3) is 1.09. The van der Waals surface area contributed by atoms with Gasteiger partial charge in [0.2, 0.25) is 6.17 Å². The van der Waals surface area contributed by atoms with Crippen LogP contribution in [0.15, 0.2) is 6.20 Å². The van der Waals surface area contributed by atoms with Gasteiger partial charge in [-0.2, -0.15) is 15.4 Å². The van der Waals surface area contributed by atoms with Crippen molar-refractivity contribution in [2.45, 2.75) is 6.17 Å². The van der Waals surface area contributed by atoms with Gasteiger partial charge in [0.05, 0.1) is 6.20 Å². The molecule has 1 unspecified atom stereocenters. The number of aliphatic carboxylic acids is 1. The Morgan fingerprint density at radius 2 is 2.60 bits per heavy atom. The average molecular weight is 145 g/mol. The second-order valence-electron chi connectivity index (χ2n) is 1.60. The molecule has 1 atom stereocenters. The molecular weight excluding hydrogens is 141 g/mol. The van der Waals surface area contributed by atoms with Gasteiger partial charge in [0.25, 0.3) is 0 Å². The van der Waals surface area contributed by atoms with Crippen molar-refractivity contribution in [1.82, 2.24) is 15.4 Å². The van der Waals surface area contributed by atoms with Gasteiger partial charge >= 0.3 is 5.97 Å². The maximum absolute atomic E-state index is 12.4. The summed E-state index contributed by atoms with van der Waals surface area (Å²) in [6.07, 6.45) is -1.06. The second-order valence-corrected chi connectivity index (χ2v) is 1.60. The van der Waals surface area contributed by atoms with Gasteiger partial charge in [-0.3, -0.25) is 0 Å². The Hall–Kier alpha value is -1.46. The van der Waals surface area contributed by atoms with Crippen LogP contribution in [0.2, 0.25) is 0 Å². The van der Waals surface area contributed by atoms with Gasteiger partial charge in [0.1, 0.15) is 5.69 Å². The van der Waals surface area contributed by atoms with Crippen molar-refractivity contribution < 1.29 is 14.3 Å². The third-order valence-corrected chi connectivity index (χ3v) is 0.910. The lowest BCUT2D eigenvalue weighted by molar-refractivity contribution is -0.143. The highest BCUT2D eigenvalue weighted by atomic mass is 19.1. The molecule has 1 aromatic rings. The molecule has 54 valence electrons. The first-order chi connectivity index (χ1) is 4.72. The van der Waals surface area contributed by atoms with Crippen LogP contribution in [0.1, 0.15) is 11.9 Å². The first kappa shape index (κ1) is 6.66. The van der Waals surface area contributed by atoms with Gasteiger partial charge in [-0.15, -0.1) is 0 Å². The fraction of sp³-hybridized carbons (Fsp3) is 0.250. The number of aromatic amines is 1. The molecule has 1 aromatic heterocycles. The highest BCUT2D eigenvalue weighted by molar-refractivity contribution is 5.73. The molecule has 0 saturated carbocycles. The Balaban J connectivity index is 2.77. The standard InChI is InChI=1S/C4H4FN3O2/c5-3(4(9)10)2-1-6-8-7-2/h1,3H,(H,9,10)(H,6,7,8). The van der Waals surface area contributed by atoms with E-state index < -0.39 is 12.1 Å². The maximum Gasteiger partial charge on any atom is 0.344 e. The van der Waals surface area contributed by atoms with Gasteiger partial charge < -0.3 is 5.11 Å². The summed E-state index contributed by atoms with van der Waals surface area (Å²) in [4.78, 5) is 9.94. The lowest BCUT2D eigenvalue weighted by Crippen LogP contribution is -2.06. The molecule has 0 aliphatic carbocycles. The molecule has 0 fully saturated rings. The van der Waals surface area contributed by atoms with Crippen LogP contribution in [-0.4, -0.2) is 26.5 Å². The van der Waals surface area contributed by atoms with Gasteiger partial charge in [-0.05, 0) is 0 Å². The lowest BCUT2D eigenvalue weighted by Gasteiger charge is -1.93. The predicted molar refractivity (Wildman–Crippen MR) is 27.9 cm³/mol. The molecule has 5 nitrogen and oxygen atoms in total. The molecule has 0 aliphatic rings. The summed E-state index contributed by atoms with van der Waals surface area (Å²) in [5.41, 5.74) is -0.215. The SMILES string of the molecule is O=C(O)C(F)c1cn[nH]n1. The summed E-state index contributed by atoms with van der Waals surface area (Å²) in [5.74, 6) is -1.56. The lowest BCUT2D eigenvalue weighted by atomic mass is 10.3. The molecule has 0 radical (unpaired) electrons. The smallest absolute Gasteiger partial charge is 0.344 e. The van der Waals surface area contributed by atoms with Crippen LogP contribution in [0.3, 0.4) is 0 Å². The summed E-state index contributed by atoms with van der Waals surface area (Å²) < 4.78 is 12.4. The van der Waals surface area contributed by atoms with E-state index in [0.717, 1.165) is 6.20 Å². The van der Waals surface area contributed by atoms with Gasteiger partial charge in [0.15, 0.2) is 0 Å². The molecule has 0 amide bonds. The summed E-state index contributed by atoms with van der Waals surface area (Å²) in [5, 5.41) is 16.7. The maximum atomic E-state index is 12.4. The summed E-state index contributed by atoms with van der Waals surface area (Å²) in [6.45, 7) is 0. The number of carbonyl (C=O) groups is 1. The molecule has 1 rings (SSSR count). The Bertz CT molecular complexity index is 222. The number of alkyl halides is 1. The largest absolute Gasteiger partial charge is 0.479 e. The molecule has 0 aliphatic heterocycles. The van der Waals surface area contributed by atoms with Gasteiger partial charge in [0, 0.05) is 0 Å². The number of hydrogen-bond donors (Lipinski definition) is 2. The Morgan fingerprint density at radius 1 is 1.90 bits per heavy atom. The predicted octanol–water partition coefficient (Wildman–Crippen LogP) is -0.100. The van der Waals surface area contributed by atoms with Crippen LogP contribution < -0.4 is 0 Å². The molecular formula is C4H4FN3O2. The number of rotatable bonds is 2. The van der Waals surface area contributed by atoms with E-state index in [-0.39, 0.29) is 5.69 Å². The van der Waals surface area contributed by atoms with Crippen LogP contribution in [-0.2, 0) is 4.79 Å². The van der Waals surface area contributed by atoms with E-state index in [0.29, 0.717) is 0 Å². The van der Waals surface area contributed by atoms with E-state index in [1.165, 1.54) is 0 Å². The van der Waals surface area contributed by atoms with Crippen molar-refractivity contribution in [2.75, 3.05) is 0 Å². The number of H-pyrrole nitrogens is 1. The molecule has 2 N–H and O–H groups in total. The summed E-state index contributed by atoms with van der Waals surface area (Å²) >= 11 is 0. The number of aromatic nitrogens is 3. The Morgan fingerprint density at radius 3 is 3.00 bits per heavy atom. The fourth-order valence-electron chi connectivity index (χ4n) is 0.459. The van der Waals surface area contributed by atoms with Crippen LogP contribution in [0.25, 0.3) is 0 Å². The summed E-state index contributed by atoms with van der Waals surface area (Å²) in [6, 6.07) is 0.